The Kier molecular flexibility index (Phi) is 5.64. The summed E-state index contributed by atoms with van der Waals surface area (Å²) < 4.78 is 10.4. The van der Waals surface area contributed by atoms with Crippen LogP contribution >= 0.6 is 0 Å². The number of β-lactam (4-membered cyclic amide) rings is 1. The number of rotatable bonds is 4. The minimum Gasteiger partial charge on any atom is -0.444 e. The summed E-state index contributed by atoms with van der Waals surface area (Å²) >= 11 is 0. The first-order valence-corrected chi connectivity index (χ1v) is 9.46. The van der Waals surface area contributed by atoms with E-state index in [0.29, 0.717) is 22.7 Å². The Morgan fingerprint density at radius 1 is 1.10 bits per heavy atom. The predicted octanol–water partition coefficient (Wildman–Crippen LogP) is 4.60. The van der Waals surface area contributed by atoms with Gasteiger partial charge in [-0.2, -0.15) is 0 Å². The summed E-state index contributed by atoms with van der Waals surface area (Å²) in [5.74, 6) is -0.242. The number of hydrogen-bond donors (Lipinski definition) is 1. The Hall–Kier alpha value is -3.61. The average Bonchev–Trinajstić information content (AvgIpc) is 2.63. The van der Waals surface area contributed by atoms with E-state index in [9.17, 15) is 14.4 Å². The SMILES string of the molecule is C=C1C(=O)N(c2cccc(NC(=O)OC(C)(C)C)c2)C1c1cccc(OC(C)=O)c1. The zero-order chi connectivity index (χ0) is 22.1. The van der Waals surface area contributed by atoms with E-state index >= 15 is 0 Å². The van der Waals surface area contributed by atoms with Crippen LogP contribution < -0.4 is 15.0 Å². The molecule has 7 heteroatoms. The highest BCUT2D eigenvalue weighted by Crippen LogP contribution is 2.43. The van der Waals surface area contributed by atoms with Gasteiger partial charge in [-0.15, -0.1) is 0 Å². The van der Waals surface area contributed by atoms with E-state index in [1.165, 1.54) is 6.92 Å². The van der Waals surface area contributed by atoms with Crippen LogP contribution in [0.4, 0.5) is 16.2 Å². The summed E-state index contributed by atoms with van der Waals surface area (Å²) in [6, 6.07) is 13.5. The molecule has 1 atom stereocenters. The average molecular weight is 408 g/mol. The number of amides is 2. The van der Waals surface area contributed by atoms with Crippen LogP contribution in [0.25, 0.3) is 0 Å². The van der Waals surface area contributed by atoms with Gasteiger partial charge in [0.25, 0.3) is 5.91 Å². The van der Waals surface area contributed by atoms with Crippen LogP contribution in [0, 0.1) is 0 Å². The lowest BCUT2D eigenvalue weighted by Crippen LogP contribution is -2.48. The van der Waals surface area contributed by atoms with Crippen LogP contribution in [0.15, 0.2) is 60.7 Å². The lowest BCUT2D eigenvalue weighted by Gasteiger charge is -2.42. The maximum atomic E-state index is 12.6. The number of anilines is 2. The molecule has 0 aromatic heterocycles. The Bertz CT molecular complexity index is 1020. The lowest BCUT2D eigenvalue weighted by atomic mass is 9.88. The molecule has 7 nitrogen and oxygen atoms in total. The number of carbonyl (C=O) groups excluding carboxylic acids is 3. The van der Waals surface area contributed by atoms with Crippen LogP contribution in [0.5, 0.6) is 5.75 Å². The normalized spacial score (nSPS) is 16.0. The zero-order valence-electron chi connectivity index (χ0n) is 17.4. The molecular formula is C23H24N2O5. The van der Waals surface area contributed by atoms with Crippen molar-refractivity contribution in [3.05, 3.63) is 66.2 Å². The van der Waals surface area contributed by atoms with Gasteiger partial charge >= 0.3 is 12.1 Å². The van der Waals surface area contributed by atoms with Crippen LogP contribution in [0.1, 0.15) is 39.3 Å². The topological polar surface area (TPSA) is 84.9 Å². The van der Waals surface area contributed by atoms with Crippen LogP contribution in [-0.4, -0.2) is 23.6 Å². The molecule has 1 saturated heterocycles. The molecule has 1 aliphatic rings. The Labute approximate surface area is 175 Å². The van der Waals surface area contributed by atoms with Crippen molar-refractivity contribution in [2.45, 2.75) is 39.3 Å². The third kappa shape index (κ3) is 4.68. The van der Waals surface area contributed by atoms with Crippen molar-refractivity contribution in [1.82, 2.24) is 0 Å². The van der Waals surface area contributed by atoms with Gasteiger partial charge in [0.15, 0.2) is 0 Å². The second-order valence-corrected chi connectivity index (χ2v) is 7.95. The fourth-order valence-corrected chi connectivity index (χ4v) is 3.16. The maximum absolute atomic E-state index is 12.6. The van der Waals surface area contributed by atoms with E-state index in [2.05, 4.69) is 11.9 Å². The smallest absolute Gasteiger partial charge is 0.412 e. The molecule has 2 amide bonds. The molecule has 0 saturated carbocycles. The van der Waals surface area contributed by atoms with Crippen molar-refractivity contribution < 1.29 is 23.9 Å². The van der Waals surface area contributed by atoms with Crippen molar-refractivity contribution in [3.8, 4) is 5.75 Å². The van der Waals surface area contributed by atoms with Crippen molar-refractivity contribution in [2.24, 2.45) is 0 Å². The molecule has 2 aromatic carbocycles. The third-order valence-electron chi connectivity index (χ3n) is 4.29. The number of esters is 1. The Morgan fingerprint density at radius 2 is 1.80 bits per heavy atom. The van der Waals surface area contributed by atoms with Gasteiger partial charge in [0.2, 0.25) is 0 Å². The molecule has 30 heavy (non-hydrogen) atoms. The van der Waals surface area contributed by atoms with E-state index < -0.39 is 23.7 Å². The molecule has 3 rings (SSSR count). The molecule has 156 valence electrons. The summed E-state index contributed by atoms with van der Waals surface area (Å²) in [5, 5.41) is 2.67. The zero-order valence-corrected chi connectivity index (χ0v) is 17.4. The highest BCUT2D eigenvalue weighted by Gasteiger charge is 2.42. The Balaban J connectivity index is 1.84. The molecule has 0 aliphatic carbocycles. The maximum Gasteiger partial charge on any atom is 0.412 e. The molecule has 1 heterocycles. The molecule has 1 N–H and O–H groups in total. The first-order valence-electron chi connectivity index (χ1n) is 9.46. The van der Waals surface area contributed by atoms with Crippen LogP contribution in [0.3, 0.4) is 0 Å². The largest absolute Gasteiger partial charge is 0.444 e. The van der Waals surface area contributed by atoms with E-state index in [-0.39, 0.29) is 5.91 Å². The van der Waals surface area contributed by atoms with Gasteiger partial charge in [0.1, 0.15) is 11.4 Å². The number of carbonyl (C=O) groups is 3. The number of benzene rings is 2. The van der Waals surface area contributed by atoms with Crippen molar-refractivity contribution in [1.29, 1.82) is 0 Å². The second-order valence-electron chi connectivity index (χ2n) is 7.95. The highest BCUT2D eigenvalue weighted by molar-refractivity contribution is 6.15. The first-order chi connectivity index (χ1) is 14.0. The molecule has 1 fully saturated rings. The predicted molar refractivity (Wildman–Crippen MR) is 113 cm³/mol. The van der Waals surface area contributed by atoms with E-state index in [1.807, 2.05) is 6.07 Å². The van der Waals surface area contributed by atoms with Crippen molar-refractivity contribution in [2.75, 3.05) is 10.2 Å². The van der Waals surface area contributed by atoms with Crippen LogP contribution in [-0.2, 0) is 14.3 Å². The molecule has 2 aromatic rings. The fourth-order valence-electron chi connectivity index (χ4n) is 3.16. The van der Waals surface area contributed by atoms with Gasteiger partial charge < -0.3 is 9.47 Å². The fraction of sp³-hybridized carbons (Fsp3) is 0.261. The summed E-state index contributed by atoms with van der Waals surface area (Å²) in [6.07, 6.45) is -0.579. The van der Waals surface area contributed by atoms with Crippen molar-refractivity contribution >= 4 is 29.3 Å². The number of nitrogens with one attached hydrogen (secondary N) is 1. The number of hydrogen-bond acceptors (Lipinski definition) is 5. The van der Waals surface area contributed by atoms with Gasteiger partial charge in [0, 0.05) is 23.9 Å². The van der Waals surface area contributed by atoms with E-state index in [1.54, 1.807) is 68.1 Å². The van der Waals surface area contributed by atoms with Crippen LogP contribution in [0.2, 0.25) is 0 Å². The molecular weight excluding hydrogens is 384 g/mol. The number of nitrogens with zero attached hydrogens (tertiary/aromatic N) is 1. The minimum absolute atomic E-state index is 0.215. The number of ether oxygens (including phenoxy) is 2. The minimum atomic E-state index is -0.620. The highest BCUT2D eigenvalue weighted by atomic mass is 16.6. The standard InChI is InChI=1S/C23H24N2O5/c1-14-20(16-8-6-11-19(12-16)29-15(2)26)25(21(14)27)18-10-7-9-17(13-18)24-22(28)30-23(3,4)5/h6-13,20H,1H2,2-5H3,(H,24,28). The van der Waals surface area contributed by atoms with E-state index in [0.717, 1.165) is 5.56 Å². The third-order valence-corrected chi connectivity index (χ3v) is 4.29. The van der Waals surface area contributed by atoms with E-state index in [4.69, 9.17) is 9.47 Å². The first kappa shape index (κ1) is 21.1. The van der Waals surface area contributed by atoms with Crippen molar-refractivity contribution in [3.63, 3.8) is 0 Å². The molecule has 0 radical (unpaired) electrons. The van der Waals surface area contributed by atoms with Gasteiger partial charge in [0.05, 0.1) is 6.04 Å². The Morgan fingerprint density at radius 3 is 2.47 bits per heavy atom. The molecule has 0 bridgehead atoms. The summed E-state index contributed by atoms with van der Waals surface area (Å²) in [7, 11) is 0. The van der Waals surface area contributed by atoms with Gasteiger partial charge in [-0.25, -0.2) is 4.79 Å². The summed E-state index contributed by atoms with van der Waals surface area (Å²) in [6.45, 7) is 10.6. The molecule has 1 aliphatic heterocycles. The summed E-state index contributed by atoms with van der Waals surface area (Å²) in [4.78, 5) is 37.4. The second kappa shape index (κ2) is 8.02. The summed E-state index contributed by atoms with van der Waals surface area (Å²) in [5.41, 5.74) is 1.68. The monoisotopic (exact) mass is 408 g/mol. The van der Waals surface area contributed by atoms with Gasteiger partial charge in [-0.3, -0.25) is 19.8 Å². The molecule has 1 unspecified atom stereocenters. The van der Waals surface area contributed by atoms with Gasteiger partial charge in [-0.1, -0.05) is 24.8 Å². The lowest BCUT2D eigenvalue weighted by molar-refractivity contribution is -0.131. The quantitative estimate of drug-likeness (QED) is 0.346. The molecule has 0 spiro atoms. The van der Waals surface area contributed by atoms with Gasteiger partial charge in [-0.05, 0) is 56.7 Å².